The molecule has 0 heteroatoms. The van der Waals surface area contributed by atoms with Crippen molar-refractivity contribution in [3.63, 3.8) is 0 Å². The van der Waals surface area contributed by atoms with Crippen LogP contribution in [-0.2, 0) is 0 Å². The van der Waals surface area contributed by atoms with E-state index in [1.807, 2.05) is 11.1 Å². The topological polar surface area (TPSA) is 0 Å². The first-order valence-corrected chi connectivity index (χ1v) is 19.9. The Labute approximate surface area is 288 Å². The third-order valence-electron chi connectivity index (χ3n) is 15.4. The van der Waals surface area contributed by atoms with Crippen LogP contribution >= 0.6 is 0 Å². The van der Waals surface area contributed by atoms with Crippen molar-refractivity contribution in [3.8, 4) is 0 Å². The lowest BCUT2D eigenvalue weighted by Crippen LogP contribution is -2.36. The number of rotatable bonds is 4. The van der Waals surface area contributed by atoms with Crippen LogP contribution in [0.3, 0.4) is 0 Å². The van der Waals surface area contributed by atoms with E-state index in [1.165, 1.54) is 57.8 Å². The first-order chi connectivity index (χ1) is 22.2. The third-order valence-corrected chi connectivity index (χ3v) is 15.4. The number of fused-ring (bicyclic) bond motifs is 3. The van der Waals surface area contributed by atoms with E-state index in [1.54, 1.807) is 27.9 Å². The smallest absolute Gasteiger partial charge is 0.00440 e. The van der Waals surface area contributed by atoms with Gasteiger partial charge in [-0.2, -0.15) is 0 Å². The van der Waals surface area contributed by atoms with Crippen molar-refractivity contribution in [2.24, 2.45) is 75.4 Å². The molecule has 252 valence electrons. The van der Waals surface area contributed by atoms with Crippen LogP contribution in [0.25, 0.3) is 0 Å². The van der Waals surface area contributed by atoms with Gasteiger partial charge in [0.15, 0.2) is 0 Å². The minimum Gasteiger partial charge on any atom is -0.0848 e. The first kappa shape index (κ1) is 32.1. The monoisotopic (exact) mass is 629 g/mol. The molecule has 9 atom stereocenters. The van der Waals surface area contributed by atoms with Crippen LogP contribution in [0.1, 0.15) is 120 Å². The predicted octanol–water partition coefficient (Wildman–Crippen LogP) is 12.9. The maximum atomic E-state index is 2.72. The van der Waals surface area contributed by atoms with Gasteiger partial charge in [0.1, 0.15) is 0 Å². The predicted molar refractivity (Wildman–Crippen MR) is 201 cm³/mol. The zero-order valence-electron chi connectivity index (χ0n) is 31.3. The quantitative estimate of drug-likeness (QED) is 0.272. The van der Waals surface area contributed by atoms with Gasteiger partial charge >= 0.3 is 0 Å². The molecule has 8 aliphatic carbocycles. The molecule has 0 radical (unpaired) electrons. The van der Waals surface area contributed by atoms with E-state index in [-0.39, 0.29) is 5.41 Å². The molecule has 2 fully saturated rings. The summed E-state index contributed by atoms with van der Waals surface area (Å²) in [7, 11) is 0. The Kier molecular flexibility index (Phi) is 7.67. The lowest BCUT2D eigenvalue weighted by molar-refractivity contribution is 0.190. The Bertz CT molecular complexity index is 1560. The summed E-state index contributed by atoms with van der Waals surface area (Å²) in [6, 6.07) is 0. The molecule has 2 saturated carbocycles. The summed E-state index contributed by atoms with van der Waals surface area (Å²) in [5.41, 5.74) is 12.9. The second kappa shape index (κ2) is 11.2. The van der Waals surface area contributed by atoms with E-state index in [9.17, 15) is 0 Å². The minimum atomic E-state index is 0.179. The average molecular weight is 629 g/mol. The molecule has 0 aromatic rings. The van der Waals surface area contributed by atoms with Gasteiger partial charge in [-0.25, -0.2) is 0 Å². The Morgan fingerprint density at radius 1 is 0.766 bits per heavy atom. The van der Waals surface area contributed by atoms with Gasteiger partial charge in [-0.1, -0.05) is 128 Å². The Morgan fingerprint density at radius 3 is 2.28 bits per heavy atom. The Hall–Kier alpha value is -2.08. The van der Waals surface area contributed by atoms with E-state index in [0.29, 0.717) is 34.5 Å². The molecular weight excluding hydrogens is 565 g/mol. The average Bonchev–Trinajstić information content (AvgIpc) is 3.28. The fraction of sp³-hybridized carbons (Fsp3) is 0.660. The van der Waals surface area contributed by atoms with Gasteiger partial charge in [-0.3, -0.25) is 0 Å². The van der Waals surface area contributed by atoms with Gasteiger partial charge in [0.2, 0.25) is 0 Å². The van der Waals surface area contributed by atoms with Crippen LogP contribution in [-0.4, -0.2) is 0 Å². The summed E-state index contributed by atoms with van der Waals surface area (Å²) >= 11 is 0. The van der Waals surface area contributed by atoms with Crippen LogP contribution in [0.15, 0.2) is 93.7 Å². The molecule has 0 N–H and O–H groups in total. The fourth-order valence-electron chi connectivity index (χ4n) is 12.2. The summed E-state index contributed by atoms with van der Waals surface area (Å²) in [5, 5.41) is 0. The molecule has 0 amide bonds. The highest BCUT2D eigenvalue weighted by atomic mass is 14.6. The SMILES string of the molecule is CC(C)C1C=CC2C3CC=C(C(C)(C)C4C=CC(C5C=CC6=C7C8=C(C=C(C(C)(C)C)CC8CCC75)CC6)CC4)C=C3C(C)(C)C2C1. The highest BCUT2D eigenvalue weighted by molar-refractivity contribution is 5.57. The van der Waals surface area contributed by atoms with Gasteiger partial charge in [0.25, 0.3) is 0 Å². The van der Waals surface area contributed by atoms with E-state index < -0.39 is 0 Å². The Morgan fingerprint density at radius 2 is 1.55 bits per heavy atom. The van der Waals surface area contributed by atoms with Gasteiger partial charge in [-0.15, -0.1) is 0 Å². The van der Waals surface area contributed by atoms with Gasteiger partial charge in [-0.05, 0) is 161 Å². The van der Waals surface area contributed by atoms with E-state index >= 15 is 0 Å². The van der Waals surface area contributed by atoms with E-state index in [0.717, 1.165) is 35.5 Å². The molecule has 0 heterocycles. The minimum absolute atomic E-state index is 0.179. The van der Waals surface area contributed by atoms with E-state index in [4.69, 9.17) is 0 Å². The summed E-state index contributed by atoms with van der Waals surface area (Å²) in [5.74, 6) is 7.22. The zero-order valence-corrected chi connectivity index (χ0v) is 31.3. The molecule has 8 rings (SSSR count). The lowest BCUT2D eigenvalue weighted by atomic mass is 9.56. The van der Waals surface area contributed by atoms with Gasteiger partial charge in [0.05, 0.1) is 0 Å². The van der Waals surface area contributed by atoms with Crippen molar-refractivity contribution in [3.05, 3.63) is 93.7 Å². The fourth-order valence-corrected chi connectivity index (χ4v) is 12.2. The summed E-state index contributed by atoms with van der Waals surface area (Å²) < 4.78 is 0. The largest absolute Gasteiger partial charge is 0.0848 e. The maximum Gasteiger partial charge on any atom is -0.00440 e. The van der Waals surface area contributed by atoms with Crippen LogP contribution in [0.2, 0.25) is 0 Å². The molecule has 0 nitrogen and oxygen atoms in total. The highest BCUT2D eigenvalue weighted by Gasteiger charge is 2.53. The lowest BCUT2D eigenvalue weighted by Gasteiger charge is -2.48. The van der Waals surface area contributed by atoms with Crippen molar-refractivity contribution in [1.82, 2.24) is 0 Å². The molecular formula is C47H64. The second-order valence-corrected chi connectivity index (χ2v) is 19.8. The van der Waals surface area contributed by atoms with Gasteiger partial charge in [0, 0.05) is 0 Å². The van der Waals surface area contributed by atoms with Crippen molar-refractivity contribution < 1.29 is 0 Å². The van der Waals surface area contributed by atoms with Crippen molar-refractivity contribution in [1.29, 1.82) is 0 Å². The molecule has 8 aliphatic rings. The molecule has 47 heavy (non-hydrogen) atoms. The Balaban J connectivity index is 1.00. The normalized spacial score (nSPS) is 38.9. The first-order valence-electron chi connectivity index (χ1n) is 19.9. The number of hydrogen-bond donors (Lipinski definition) is 0. The van der Waals surface area contributed by atoms with Crippen molar-refractivity contribution in [2.45, 2.75) is 120 Å². The summed E-state index contributed by atoms with van der Waals surface area (Å²) in [6.07, 6.45) is 35.8. The molecule has 0 saturated heterocycles. The van der Waals surface area contributed by atoms with Crippen LogP contribution in [0.4, 0.5) is 0 Å². The van der Waals surface area contributed by atoms with Gasteiger partial charge < -0.3 is 0 Å². The zero-order chi connectivity index (χ0) is 33.0. The van der Waals surface area contributed by atoms with Crippen molar-refractivity contribution in [2.75, 3.05) is 0 Å². The summed E-state index contributed by atoms with van der Waals surface area (Å²) in [4.78, 5) is 0. The molecule has 0 aromatic heterocycles. The molecule has 0 aliphatic heterocycles. The molecule has 0 bridgehead atoms. The van der Waals surface area contributed by atoms with Crippen LogP contribution < -0.4 is 0 Å². The maximum absolute atomic E-state index is 2.72. The molecule has 0 aromatic carbocycles. The second-order valence-electron chi connectivity index (χ2n) is 19.8. The number of allylic oxidation sites excluding steroid dienone is 16. The number of hydrogen-bond acceptors (Lipinski definition) is 0. The van der Waals surface area contributed by atoms with Crippen LogP contribution in [0.5, 0.6) is 0 Å². The van der Waals surface area contributed by atoms with Crippen molar-refractivity contribution >= 4 is 0 Å². The summed E-state index contributed by atoms with van der Waals surface area (Å²) in [6.45, 7) is 22.4. The van der Waals surface area contributed by atoms with Crippen LogP contribution in [0, 0.1) is 75.4 Å². The molecule has 9 unspecified atom stereocenters. The molecule has 0 spiro atoms. The third kappa shape index (κ3) is 5.11. The van der Waals surface area contributed by atoms with E-state index in [2.05, 4.69) is 117 Å². The standard InChI is InChI=1S/C47H64/c1-28(2)31-15-21-38-39-23-19-35(27-42(39)47(8,9)41(38)26-31)46(6,7)34-17-12-29(13-18-34)37-20-14-30-10-11-32-24-36(45(3,4)5)25-33-16-22-40(37)44(30)43(32)33/h12,14-15,17,19-21,24,27-29,31,33-34,37-41H,10-11,13,16,18,22-23,25-26H2,1-9H3. The highest BCUT2D eigenvalue weighted by Crippen LogP contribution is 2.62.